The number of aliphatic carboxylic acids is 1. The van der Waals surface area contributed by atoms with Crippen LogP contribution in [0.4, 0.5) is 0 Å². The van der Waals surface area contributed by atoms with Gasteiger partial charge in [0.25, 0.3) is 6.47 Å². The quantitative estimate of drug-likeness (QED) is 0.0805. The van der Waals surface area contributed by atoms with Crippen molar-refractivity contribution < 1.29 is 24.6 Å². The van der Waals surface area contributed by atoms with Gasteiger partial charge in [0.05, 0.1) is 6.42 Å². The van der Waals surface area contributed by atoms with Crippen LogP contribution in [0.15, 0.2) is 24.8 Å². The Balaban J connectivity index is -0.000000255. The van der Waals surface area contributed by atoms with Crippen molar-refractivity contribution in [2.75, 3.05) is 0 Å². The second-order valence-electron chi connectivity index (χ2n) is 8.61. The van der Waals surface area contributed by atoms with Crippen LogP contribution in [0.25, 0.3) is 0 Å². The van der Waals surface area contributed by atoms with E-state index in [1.165, 1.54) is 83.5 Å². The van der Waals surface area contributed by atoms with Crippen LogP contribution in [0.5, 0.6) is 0 Å². The Hall–Kier alpha value is -2.11. The van der Waals surface area contributed by atoms with Crippen LogP contribution in [-0.2, 0) is 14.4 Å². The number of carbonyl (C=O) groups excluding carboxylic acids is 1. The maximum absolute atomic E-state index is 11.5. The Morgan fingerprint density at radius 2 is 1.16 bits per heavy atom. The van der Waals surface area contributed by atoms with Crippen molar-refractivity contribution in [2.24, 2.45) is 0 Å². The molecule has 1 unspecified atom stereocenters. The van der Waals surface area contributed by atoms with Gasteiger partial charge in [-0.2, -0.15) is 0 Å². The molecule has 0 spiro atoms. The van der Waals surface area contributed by atoms with E-state index in [4.69, 9.17) is 15.0 Å². The maximum Gasteiger partial charge on any atom is 0.303 e. The zero-order chi connectivity index (χ0) is 30.3. The molecule has 0 saturated carbocycles. The topological polar surface area (TPSA) is 104 Å². The number of hydrogen-bond acceptors (Lipinski definition) is 3. The summed E-state index contributed by atoms with van der Waals surface area (Å²) in [5, 5.41) is 18.3. The Labute approximate surface area is 236 Å². The molecule has 0 heterocycles. The molecule has 3 N–H and O–H groups in total. The van der Waals surface area contributed by atoms with Gasteiger partial charge in [0, 0.05) is 12.5 Å². The second-order valence-corrected chi connectivity index (χ2v) is 8.61. The fourth-order valence-corrected chi connectivity index (χ4v) is 3.42. The molecule has 0 aromatic carbocycles. The Morgan fingerprint density at radius 3 is 1.45 bits per heavy atom. The summed E-state index contributed by atoms with van der Waals surface area (Å²) in [6.07, 6.45) is 25.5. The van der Waals surface area contributed by atoms with Crippen LogP contribution in [0.1, 0.15) is 158 Å². The molecule has 0 aliphatic carbocycles. The fraction of sp³-hybridized carbons (Fsp3) is 0.781. The predicted octanol–water partition coefficient (Wildman–Crippen LogP) is 9.73. The van der Waals surface area contributed by atoms with Crippen LogP contribution in [-0.4, -0.2) is 34.6 Å². The van der Waals surface area contributed by atoms with Gasteiger partial charge in [-0.15, -0.1) is 0 Å². The minimum Gasteiger partial charge on any atom is -0.483 e. The molecule has 0 fully saturated rings. The zero-order valence-electron chi connectivity index (χ0n) is 26.2. The van der Waals surface area contributed by atoms with E-state index < -0.39 is 5.97 Å². The third kappa shape index (κ3) is 59.2. The Bertz CT molecular complexity index is 492. The average molecular weight is 544 g/mol. The maximum atomic E-state index is 11.5. The van der Waals surface area contributed by atoms with Gasteiger partial charge in [-0.05, 0) is 20.3 Å². The summed E-state index contributed by atoms with van der Waals surface area (Å²) in [5.74, 6) is -1.06. The van der Waals surface area contributed by atoms with Crippen molar-refractivity contribution in [3.63, 3.8) is 0 Å². The lowest BCUT2D eigenvalue weighted by Gasteiger charge is -2.13. The van der Waals surface area contributed by atoms with Gasteiger partial charge >= 0.3 is 5.97 Å². The van der Waals surface area contributed by atoms with Gasteiger partial charge < -0.3 is 15.5 Å². The molecule has 0 rings (SSSR count). The van der Waals surface area contributed by atoms with E-state index in [2.05, 4.69) is 18.8 Å². The molecule has 0 aromatic heterocycles. The molecule has 1 atom stereocenters. The smallest absolute Gasteiger partial charge is 0.303 e. The summed E-state index contributed by atoms with van der Waals surface area (Å²) in [7, 11) is 0. The number of amides is 1. The van der Waals surface area contributed by atoms with Gasteiger partial charge in [0.1, 0.15) is 0 Å². The highest BCUT2D eigenvalue weighted by Gasteiger charge is 2.08. The minimum absolute atomic E-state index is 0.0818. The largest absolute Gasteiger partial charge is 0.483 e. The van der Waals surface area contributed by atoms with Crippen molar-refractivity contribution in [3.8, 4) is 0 Å². The van der Waals surface area contributed by atoms with E-state index in [9.17, 15) is 9.59 Å². The van der Waals surface area contributed by atoms with Gasteiger partial charge in [0.2, 0.25) is 5.91 Å². The van der Waals surface area contributed by atoms with Crippen molar-refractivity contribution in [1.29, 1.82) is 0 Å². The van der Waals surface area contributed by atoms with Crippen LogP contribution >= 0.6 is 0 Å². The summed E-state index contributed by atoms with van der Waals surface area (Å²) < 4.78 is 0. The molecular formula is C32H65NO5. The third-order valence-corrected chi connectivity index (χ3v) is 5.29. The van der Waals surface area contributed by atoms with Gasteiger partial charge in [-0.1, -0.05) is 149 Å². The van der Waals surface area contributed by atoms with E-state index in [-0.39, 0.29) is 31.3 Å². The SMILES string of the molecule is C=C/C=C\C.CC.CC.CCCCCCCCCCCCCCCCC(C)NC(=O)CCC(=O)O.O=CO. The second kappa shape index (κ2) is 48.0. The first kappa shape index (κ1) is 45.8. The highest BCUT2D eigenvalue weighted by molar-refractivity contribution is 5.80. The molecule has 1 amide bonds. The van der Waals surface area contributed by atoms with Gasteiger partial charge in [-0.3, -0.25) is 14.4 Å². The molecule has 0 aromatic rings. The monoisotopic (exact) mass is 543 g/mol. The molecular weight excluding hydrogens is 478 g/mol. The number of carboxylic acids is 1. The highest BCUT2D eigenvalue weighted by Crippen LogP contribution is 2.13. The predicted molar refractivity (Wildman–Crippen MR) is 166 cm³/mol. The summed E-state index contributed by atoms with van der Waals surface area (Å²) in [6, 6.07) is 0.147. The fourth-order valence-electron chi connectivity index (χ4n) is 3.42. The lowest BCUT2D eigenvalue weighted by Crippen LogP contribution is -2.32. The number of allylic oxidation sites excluding steroid dienone is 3. The summed E-state index contributed by atoms with van der Waals surface area (Å²) >= 11 is 0. The van der Waals surface area contributed by atoms with Gasteiger partial charge in [-0.25, -0.2) is 0 Å². The summed E-state index contributed by atoms with van der Waals surface area (Å²) in [6.45, 7) is 17.4. The Morgan fingerprint density at radius 1 is 0.789 bits per heavy atom. The molecule has 228 valence electrons. The molecule has 0 radical (unpaired) electrons. The van der Waals surface area contributed by atoms with E-state index in [1.807, 2.05) is 53.7 Å². The van der Waals surface area contributed by atoms with E-state index in [0.717, 1.165) is 12.8 Å². The summed E-state index contributed by atoms with van der Waals surface area (Å²) in [4.78, 5) is 30.3. The third-order valence-electron chi connectivity index (χ3n) is 5.29. The van der Waals surface area contributed by atoms with Crippen molar-refractivity contribution in [3.05, 3.63) is 24.8 Å². The van der Waals surface area contributed by atoms with Crippen molar-refractivity contribution in [1.82, 2.24) is 5.32 Å². The van der Waals surface area contributed by atoms with E-state index in [1.54, 1.807) is 6.08 Å². The number of rotatable bonds is 20. The number of unbranched alkanes of at least 4 members (excludes halogenated alkanes) is 13. The molecule has 6 nitrogen and oxygen atoms in total. The number of nitrogens with one attached hydrogen (secondary N) is 1. The van der Waals surface area contributed by atoms with Gasteiger partial charge in [0.15, 0.2) is 0 Å². The van der Waals surface area contributed by atoms with Crippen LogP contribution < -0.4 is 5.32 Å². The Kier molecular flexibility index (Phi) is 57.9. The molecule has 0 aliphatic rings. The lowest BCUT2D eigenvalue weighted by molar-refractivity contribution is -0.139. The zero-order valence-corrected chi connectivity index (χ0v) is 26.2. The molecule has 6 heteroatoms. The van der Waals surface area contributed by atoms with E-state index in [0.29, 0.717) is 0 Å². The average Bonchev–Trinajstić information content (AvgIpc) is 2.91. The number of hydrogen-bond donors (Lipinski definition) is 3. The van der Waals surface area contributed by atoms with Crippen LogP contribution in [0, 0.1) is 0 Å². The summed E-state index contributed by atoms with van der Waals surface area (Å²) in [5.41, 5.74) is 0. The number of carboxylic acid groups (broad SMARTS) is 2. The highest BCUT2D eigenvalue weighted by atomic mass is 16.4. The van der Waals surface area contributed by atoms with Crippen LogP contribution in [0.2, 0.25) is 0 Å². The van der Waals surface area contributed by atoms with Crippen LogP contribution in [0.3, 0.4) is 0 Å². The first-order valence-corrected chi connectivity index (χ1v) is 15.2. The first-order valence-electron chi connectivity index (χ1n) is 15.2. The van der Waals surface area contributed by atoms with E-state index >= 15 is 0 Å². The standard InChI is InChI=1S/C22H43NO3.C5H8.2C2H6.CH2O2/c1-3-4-5-6-7-8-9-10-11-12-13-14-15-16-17-20(2)23-21(24)18-19-22(25)26;1-3-5-4-2;2*1-2;2-1-3/h20H,3-19H2,1-2H3,(H,23,24)(H,25,26);3-5H,1H2,2H3;2*1-2H3;1H,(H,2,3)/b;5-4-;;;. The molecule has 0 bridgehead atoms. The number of carbonyl (C=O) groups is 3. The first-order chi connectivity index (χ1) is 18.4. The molecule has 38 heavy (non-hydrogen) atoms. The van der Waals surface area contributed by atoms with Crippen molar-refractivity contribution in [2.45, 2.75) is 164 Å². The molecule has 0 aliphatic heterocycles. The van der Waals surface area contributed by atoms with Crippen molar-refractivity contribution >= 4 is 18.3 Å². The lowest BCUT2D eigenvalue weighted by atomic mass is 10.0. The minimum atomic E-state index is -0.917. The normalized spacial score (nSPS) is 10.1. The molecule has 0 saturated heterocycles.